The highest BCUT2D eigenvalue weighted by molar-refractivity contribution is 5.88. The summed E-state index contributed by atoms with van der Waals surface area (Å²) in [6, 6.07) is 2.88. The fraction of sp³-hybridized carbons (Fsp3) is 0.235. The van der Waals surface area contributed by atoms with Gasteiger partial charge in [-0.3, -0.25) is 0 Å². The lowest BCUT2D eigenvalue weighted by Gasteiger charge is -2.19. The molecule has 5 heteroatoms. The third-order valence-corrected chi connectivity index (χ3v) is 3.40. The molecule has 0 aliphatic heterocycles. The van der Waals surface area contributed by atoms with Gasteiger partial charge in [0.1, 0.15) is 0 Å². The standard InChI is InChI=1S/C17H15F3O2/c1-9(2)17(21)22-14-7-5-11(8-13(14)18)12-6-4-10(3)15(19)16(12)20/h4,6-8,11H,1,5H2,2-3H3. The van der Waals surface area contributed by atoms with Gasteiger partial charge >= 0.3 is 5.97 Å². The summed E-state index contributed by atoms with van der Waals surface area (Å²) in [5.74, 6) is -4.31. The van der Waals surface area contributed by atoms with Crippen molar-refractivity contribution in [3.8, 4) is 0 Å². The van der Waals surface area contributed by atoms with Crippen LogP contribution in [0.1, 0.15) is 30.4 Å². The summed E-state index contributed by atoms with van der Waals surface area (Å²) in [5, 5.41) is 0. The van der Waals surface area contributed by atoms with Crippen molar-refractivity contribution < 1.29 is 22.7 Å². The van der Waals surface area contributed by atoms with Gasteiger partial charge in [0.05, 0.1) is 0 Å². The molecule has 0 saturated carbocycles. The van der Waals surface area contributed by atoms with Crippen LogP contribution < -0.4 is 0 Å². The Morgan fingerprint density at radius 3 is 2.55 bits per heavy atom. The number of hydrogen-bond donors (Lipinski definition) is 0. The van der Waals surface area contributed by atoms with Gasteiger partial charge in [0, 0.05) is 11.5 Å². The minimum atomic E-state index is -0.982. The first-order valence-electron chi connectivity index (χ1n) is 6.71. The van der Waals surface area contributed by atoms with E-state index in [0.717, 1.165) is 6.08 Å². The van der Waals surface area contributed by atoms with Gasteiger partial charge in [-0.2, -0.15) is 0 Å². The Morgan fingerprint density at radius 2 is 1.95 bits per heavy atom. The van der Waals surface area contributed by atoms with Crippen LogP contribution in [0.25, 0.3) is 0 Å². The topological polar surface area (TPSA) is 26.3 Å². The predicted octanol–water partition coefficient (Wildman–Crippen LogP) is 4.62. The second kappa shape index (κ2) is 6.22. The number of halogens is 3. The Kier molecular flexibility index (Phi) is 4.54. The molecule has 0 amide bonds. The molecule has 0 radical (unpaired) electrons. The number of rotatable bonds is 3. The lowest BCUT2D eigenvalue weighted by atomic mass is 9.90. The molecule has 1 aliphatic rings. The van der Waals surface area contributed by atoms with Gasteiger partial charge in [0.15, 0.2) is 23.2 Å². The number of benzene rings is 1. The Bertz CT molecular complexity index is 702. The number of allylic oxidation sites excluding steroid dienone is 3. The first kappa shape index (κ1) is 16.1. The quantitative estimate of drug-likeness (QED) is 0.602. The molecule has 0 saturated heterocycles. The molecular weight excluding hydrogens is 293 g/mol. The van der Waals surface area contributed by atoms with E-state index in [1.54, 1.807) is 0 Å². The molecule has 0 aromatic heterocycles. The smallest absolute Gasteiger partial charge is 0.338 e. The molecule has 0 fully saturated rings. The fourth-order valence-corrected chi connectivity index (χ4v) is 2.10. The van der Waals surface area contributed by atoms with Crippen LogP contribution in [0.4, 0.5) is 13.2 Å². The van der Waals surface area contributed by atoms with Gasteiger partial charge in [-0.15, -0.1) is 0 Å². The molecule has 0 spiro atoms. The predicted molar refractivity (Wildman–Crippen MR) is 76.6 cm³/mol. The van der Waals surface area contributed by atoms with Crippen molar-refractivity contribution in [2.45, 2.75) is 26.2 Å². The zero-order valence-corrected chi connectivity index (χ0v) is 12.3. The Balaban J connectivity index is 2.23. The average Bonchev–Trinajstić information content (AvgIpc) is 2.47. The van der Waals surface area contributed by atoms with E-state index in [4.69, 9.17) is 4.74 Å². The molecule has 1 aromatic carbocycles. The van der Waals surface area contributed by atoms with Crippen LogP contribution in [0, 0.1) is 18.6 Å². The Morgan fingerprint density at radius 1 is 1.27 bits per heavy atom. The zero-order chi connectivity index (χ0) is 16.4. The van der Waals surface area contributed by atoms with Gasteiger partial charge < -0.3 is 4.74 Å². The molecule has 2 nitrogen and oxygen atoms in total. The van der Waals surface area contributed by atoms with Crippen LogP contribution >= 0.6 is 0 Å². The molecule has 1 atom stereocenters. The van der Waals surface area contributed by atoms with Crippen LogP contribution in [0.5, 0.6) is 0 Å². The maximum absolute atomic E-state index is 14.0. The van der Waals surface area contributed by atoms with E-state index in [-0.39, 0.29) is 28.9 Å². The minimum Gasteiger partial charge on any atom is -0.420 e. The zero-order valence-electron chi connectivity index (χ0n) is 12.3. The van der Waals surface area contributed by atoms with E-state index in [0.29, 0.717) is 0 Å². The summed E-state index contributed by atoms with van der Waals surface area (Å²) in [4.78, 5) is 11.4. The third kappa shape index (κ3) is 3.13. The molecule has 116 valence electrons. The van der Waals surface area contributed by atoms with E-state index >= 15 is 0 Å². The maximum atomic E-state index is 14.0. The summed E-state index contributed by atoms with van der Waals surface area (Å²) < 4.78 is 46.4. The molecular formula is C17H15F3O2. The van der Waals surface area contributed by atoms with Crippen molar-refractivity contribution in [1.82, 2.24) is 0 Å². The SMILES string of the molecule is C=C(C)C(=O)OC1=CCC(c2ccc(C)c(F)c2F)C=C1F. The van der Waals surface area contributed by atoms with Crippen LogP contribution in [-0.2, 0) is 9.53 Å². The fourth-order valence-electron chi connectivity index (χ4n) is 2.10. The summed E-state index contributed by atoms with van der Waals surface area (Å²) in [6.45, 7) is 6.30. The first-order valence-corrected chi connectivity index (χ1v) is 6.71. The summed E-state index contributed by atoms with van der Waals surface area (Å²) in [7, 11) is 0. The molecule has 0 bridgehead atoms. The number of carbonyl (C=O) groups excluding carboxylic acids is 1. The first-order chi connectivity index (χ1) is 10.3. The van der Waals surface area contributed by atoms with Crippen molar-refractivity contribution >= 4 is 5.97 Å². The number of aryl methyl sites for hydroxylation is 1. The Hall–Kier alpha value is -2.30. The molecule has 0 N–H and O–H groups in total. The molecule has 22 heavy (non-hydrogen) atoms. The van der Waals surface area contributed by atoms with Crippen molar-refractivity contribution in [2.24, 2.45) is 0 Å². The van der Waals surface area contributed by atoms with Gasteiger partial charge in [0.2, 0.25) is 0 Å². The summed E-state index contributed by atoms with van der Waals surface area (Å²) >= 11 is 0. The lowest BCUT2D eigenvalue weighted by molar-refractivity contribution is -0.134. The Labute approximate surface area is 126 Å². The van der Waals surface area contributed by atoms with Crippen LogP contribution in [0.15, 0.2) is 48.0 Å². The summed E-state index contributed by atoms with van der Waals surface area (Å²) in [5.41, 5.74) is 0.399. The van der Waals surface area contributed by atoms with Gasteiger partial charge in [-0.25, -0.2) is 18.0 Å². The van der Waals surface area contributed by atoms with E-state index < -0.39 is 29.3 Å². The minimum absolute atomic E-state index is 0.0692. The van der Waals surface area contributed by atoms with E-state index in [9.17, 15) is 18.0 Å². The second-order valence-electron chi connectivity index (χ2n) is 5.19. The number of carbonyl (C=O) groups is 1. The molecule has 0 heterocycles. The second-order valence-corrected chi connectivity index (χ2v) is 5.19. The van der Waals surface area contributed by atoms with Crippen molar-refractivity contribution in [2.75, 3.05) is 0 Å². The van der Waals surface area contributed by atoms with E-state index in [1.165, 1.54) is 32.1 Å². The molecule has 1 unspecified atom stereocenters. The van der Waals surface area contributed by atoms with Crippen LogP contribution in [-0.4, -0.2) is 5.97 Å². The van der Waals surface area contributed by atoms with Crippen LogP contribution in [0.3, 0.4) is 0 Å². The maximum Gasteiger partial charge on any atom is 0.338 e. The highest BCUT2D eigenvalue weighted by atomic mass is 19.2. The number of hydrogen-bond acceptors (Lipinski definition) is 2. The normalized spacial score (nSPS) is 17.6. The highest BCUT2D eigenvalue weighted by Crippen LogP contribution is 2.34. The molecule has 1 aromatic rings. The largest absolute Gasteiger partial charge is 0.420 e. The third-order valence-electron chi connectivity index (χ3n) is 3.40. The van der Waals surface area contributed by atoms with Gasteiger partial charge in [-0.05, 0) is 43.5 Å². The molecule has 1 aliphatic carbocycles. The van der Waals surface area contributed by atoms with E-state index in [1.807, 2.05) is 0 Å². The van der Waals surface area contributed by atoms with Gasteiger partial charge in [-0.1, -0.05) is 18.7 Å². The highest BCUT2D eigenvalue weighted by Gasteiger charge is 2.24. The summed E-state index contributed by atoms with van der Waals surface area (Å²) in [6.07, 6.45) is 2.66. The van der Waals surface area contributed by atoms with Crippen molar-refractivity contribution in [3.05, 3.63) is 70.8 Å². The molecule has 2 rings (SSSR count). The lowest BCUT2D eigenvalue weighted by Crippen LogP contribution is -2.10. The number of ether oxygens (including phenoxy) is 1. The van der Waals surface area contributed by atoms with E-state index in [2.05, 4.69) is 6.58 Å². The number of esters is 1. The van der Waals surface area contributed by atoms with Crippen molar-refractivity contribution in [3.63, 3.8) is 0 Å². The van der Waals surface area contributed by atoms with Crippen molar-refractivity contribution in [1.29, 1.82) is 0 Å². The van der Waals surface area contributed by atoms with Gasteiger partial charge in [0.25, 0.3) is 0 Å². The monoisotopic (exact) mass is 308 g/mol. The average molecular weight is 308 g/mol. The van der Waals surface area contributed by atoms with Crippen LogP contribution in [0.2, 0.25) is 0 Å².